The molecule has 0 amide bonds. The Morgan fingerprint density at radius 2 is 2.71 bits per heavy atom. The molecule has 0 aliphatic carbocycles. The second-order valence-corrected chi connectivity index (χ2v) is 0.949. The molecule has 1 rings (SSSR count). The lowest BCUT2D eigenvalue weighted by Crippen LogP contribution is -1.86. The highest BCUT2D eigenvalue weighted by atomic mass is 16.5. The number of aromatic nitrogens is 1. The van der Waals surface area contributed by atoms with E-state index in [2.05, 4.69) is 9.40 Å². The van der Waals surface area contributed by atoms with Crippen LogP contribution in [-0.2, 0) is 0 Å². The van der Waals surface area contributed by atoms with Gasteiger partial charge in [0, 0.05) is 0 Å². The Labute approximate surface area is 39.7 Å². The highest BCUT2D eigenvalue weighted by Gasteiger charge is 1.86. The van der Waals surface area contributed by atoms with Crippen LogP contribution in [-0.4, -0.2) is 10.2 Å². The van der Waals surface area contributed by atoms with Crippen LogP contribution in [0.4, 0.5) is 6.01 Å². The van der Waals surface area contributed by atoms with Crippen molar-refractivity contribution in [3.63, 3.8) is 0 Å². The fourth-order valence-corrected chi connectivity index (χ4v) is 0.279. The Hall–Kier alpha value is -1.03. The van der Waals surface area contributed by atoms with E-state index in [0.29, 0.717) is 0 Å². The maximum absolute atomic E-state index is 8.02. The van der Waals surface area contributed by atoms with Gasteiger partial charge in [0.25, 0.3) is 0 Å². The predicted octanol–water partition coefficient (Wildman–Crippen LogP) is 0.476. The summed E-state index contributed by atoms with van der Waals surface area (Å²) in [4.78, 5) is 3.51. The van der Waals surface area contributed by atoms with Crippen molar-refractivity contribution >= 4 is 6.01 Å². The molecule has 38 valence electrons. The summed E-state index contributed by atoms with van der Waals surface area (Å²) >= 11 is 0. The number of nitrogens with one attached hydrogen (secondary N) is 1. The van der Waals surface area contributed by atoms with E-state index in [1.165, 1.54) is 12.5 Å². The summed E-state index contributed by atoms with van der Waals surface area (Å²) in [7, 11) is 0. The largest absolute Gasteiger partial charge is 0.431 e. The topological polar surface area (TPSA) is 58.3 Å². The molecule has 1 aromatic rings. The van der Waals surface area contributed by atoms with Gasteiger partial charge in [0.05, 0.1) is 6.20 Å². The van der Waals surface area contributed by atoms with Crippen LogP contribution in [0.3, 0.4) is 0 Å². The number of hydrogen-bond acceptors (Lipinski definition) is 4. The minimum absolute atomic E-state index is 0.111. The summed E-state index contributed by atoms with van der Waals surface area (Å²) in [6.45, 7) is 0. The zero-order valence-electron chi connectivity index (χ0n) is 3.46. The van der Waals surface area contributed by atoms with Crippen LogP contribution in [0.1, 0.15) is 0 Å². The van der Waals surface area contributed by atoms with Crippen LogP contribution >= 0.6 is 0 Å². The van der Waals surface area contributed by atoms with E-state index in [0.717, 1.165) is 0 Å². The van der Waals surface area contributed by atoms with Crippen molar-refractivity contribution < 1.29 is 9.62 Å². The molecule has 0 fully saturated rings. The molecule has 4 heteroatoms. The van der Waals surface area contributed by atoms with Crippen molar-refractivity contribution in [2.75, 3.05) is 5.48 Å². The molecule has 4 nitrogen and oxygen atoms in total. The summed E-state index contributed by atoms with van der Waals surface area (Å²) in [6, 6.07) is 0.111. The number of oxazole rings is 1. The van der Waals surface area contributed by atoms with E-state index in [9.17, 15) is 0 Å². The molecule has 0 spiro atoms. The highest BCUT2D eigenvalue weighted by molar-refractivity contribution is 5.11. The SMILES string of the molecule is ONc1ncco1. The average molecular weight is 100 g/mol. The quantitative estimate of drug-likeness (QED) is 0.504. The smallest absolute Gasteiger partial charge is 0.318 e. The van der Waals surface area contributed by atoms with E-state index < -0.39 is 0 Å². The number of rotatable bonds is 1. The molecule has 1 aromatic heterocycles. The van der Waals surface area contributed by atoms with Gasteiger partial charge in [-0.25, -0.2) is 10.5 Å². The van der Waals surface area contributed by atoms with Crippen molar-refractivity contribution in [3.8, 4) is 0 Å². The monoisotopic (exact) mass is 100 g/mol. The molecule has 0 saturated heterocycles. The van der Waals surface area contributed by atoms with Gasteiger partial charge in [0.2, 0.25) is 0 Å². The summed E-state index contributed by atoms with van der Waals surface area (Å²) in [6.07, 6.45) is 2.79. The molecule has 0 aliphatic rings. The first-order valence-electron chi connectivity index (χ1n) is 1.73. The summed E-state index contributed by atoms with van der Waals surface area (Å²) in [5, 5.41) is 8.02. The van der Waals surface area contributed by atoms with Gasteiger partial charge < -0.3 is 4.42 Å². The van der Waals surface area contributed by atoms with E-state index in [1.54, 1.807) is 5.48 Å². The van der Waals surface area contributed by atoms with E-state index >= 15 is 0 Å². The van der Waals surface area contributed by atoms with Gasteiger partial charge >= 0.3 is 6.01 Å². The first-order valence-corrected chi connectivity index (χ1v) is 1.73. The minimum atomic E-state index is 0.111. The van der Waals surface area contributed by atoms with Gasteiger partial charge in [-0.15, -0.1) is 0 Å². The molecule has 2 N–H and O–H groups in total. The molecule has 0 radical (unpaired) electrons. The molecule has 0 saturated carbocycles. The van der Waals surface area contributed by atoms with Crippen LogP contribution in [0.5, 0.6) is 0 Å². The minimum Gasteiger partial charge on any atom is -0.431 e. The van der Waals surface area contributed by atoms with Gasteiger partial charge in [-0.05, 0) is 0 Å². The molecule has 7 heavy (non-hydrogen) atoms. The van der Waals surface area contributed by atoms with Crippen molar-refractivity contribution in [3.05, 3.63) is 12.5 Å². The third-order valence-corrected chi connectivity index (χ3v) is 0.528. The Morgan fingerprint density at radius 3 is 3.00 bits per heavy atom. The van der Waals surface area contributed by atoms with Gasteiger partial charge in [0.15, 0.2) is 0 Å². The van der Waals surface area contributed by atoms with Crippen LogP contribution in [0.25, 0.3) is 0 Å². The highest BCUT2D eigenvalue weighted by Crippen LogP contribution is 1.96. The lowest BCUT2D eigenvalue weighted by Gasteiger charge is -1.82. The van der Waals surface area contributed by atoms with Gasteiger partial charge in [0.1, 0.15) is 6.26 Å². The van der Waals surface area contributed by atoms with Gasteiger partial charge in [-0.2, -0.15) is 0 Å². The lowest BCUT2D eigenvalue weighted by atomic mass is 11.0. The summed E-state index contributed by atoms with van der Waals surface area (Å²) in [5.74, 6) is 0. The lowest BCUT2D eigenvalue weighted by molar-refractivity contribution is 0.358. The molecule has 0 aromatic carbocycles. The van der Waals surface area contributed by atoms with Crippen LogP contribution < -0.4 is 5.48 Å². The van der Waals surface area contributed by atoms with Crippen molar-refractivity contribution in [2.24, 2.45) is 0 Å². The number of anilines is 1. The zero-order valence-corrected chi connectivity index (χ0v) is 3.46. The second kappa shape index (κ2) is 1.61. The second-order valence-electron chi connectivity index (χ2n) is 0.949. The Morgan fingerprint density at radius 1 is 1.86 bits per heavy atom. The summed E-state index contributed by atoms with van der Waals surface area (Å²) < 4.78 is 4.51. The zero-order chi connectivity index (χ0) is 5.11. The van der Waals surface area contributed by atoms with E-state index in [1.807, 2.05) is 0 Å². The fourth-order valence-electron chi connectivity index (χ4n) is 0.279. The van der Waals surface area contributed by atoms with Crippen molar-refractivity contribution in [1.29, 1.82) is 0 Å². The molecule has 0 aliphatic heterocycles. The normalized spacial score (nSPS) is 8.71. The third-order valence-electron chi connectivity index (χ3n) is 0.528. The van der Waals surface area contributed by atoms with Crippen LogP contribution in [0.15, 0.2) is 16.9 Å². The van der Waals surface area contributed by atoms with Crippen LogP contribution in [0.2, 0.25) is 0 Å². The first kappa shape index (κ1) is 4.14. The Bertz CT molecular complexity index is 125. The van der Waals surface area contributed by atoms with Crippen molar-refractivity contribution in [1.82, 2.24) is 4.98 Å². The Kier molecular flexibility index (Phi) is 0.953. The third kappa shape index (κ3) is 0.690. The fraction of sp³-hybridized carbons (Fsp3) is 0. The van der Waals surface area contributed by atoms with Crippen molar-refractivity contribution in [2.45, 2.75) is 0 Å². The number of hydrogen-bond donors (Lipinski definition) is 2. The molecule has 0 bridgehead atoms. The summed E-state index contributed by atoms with van der Waals surface area (Å²) in [5.41, 5.74) is 1.73. The Balaban J connectivity index is 2.76. The molecular weight excluding hydrogens is 96.0 g/mol. The van der Waals surface area contributed by atoms with Gasteiger partial charge in [-0.3, -0.25) is 5.21 Å². The first-order chi connectivity index (χ1) is 3.43. The number of nitrogens with zero attached hydrogens (tertiary/aromatic N) is 1. The van der Waals surface area contributed by atoms with Crippen LogP contribution in [0, 0.1) is 0 Å². The van der Waals surface area contributed by atoms with E-state index in [-0.39, 0.29) is 6.01 Å². The average Bonchev–Trinajstić information content (AvgIpc) is 2.14. The van der Waals surface area contributed by atoms with Gasteiger partial charge in [-0.1, -0.05) is 0 Å². The standard InChI is InChI=1S/C3H4N2O2/c6-5-3-4-1-2-7-3/h1-2,6H,(H,4,5). The molecule has 0 unspecified atom stereocenters. The molecule has 0 atom stereocenters. The predicted molar refractivity (Wildman–Crippen MR) is 21.9 cm³/mol. The molecule has 1 heterocycles. The molecular formula is C3H4N2O2. The van der Waals surface area contributed by atoms with E-state index in [4.69, 9.17) is 5.21 Å². The maximum Gasteiger partial charge on any atom is 0.318 e. The maximum atomic E-state index is 8.02.